The molecule has 0 saturated heterocycles. The standard InChI is InChI=1S/C8H5F3N2O3S2/c9-8(10,11)16-4-1-2-5-6(3-4)17-7(13-5)18(12,14)15/h1-3H,(H2,12,14,15). The fourth-order valence-corrected chi connectivity index (χ4v) is 2.89. The van der Waals surface area contributed by atoms with Gasteiger partial charge >= 0.3 is 6.36 Å². The average Bonchev–Trinajstić information content (AvgIpc) is 2.57. The first-order valence-corrected chi connectivity index (χ1v) is 6.70. The third-order valence-corrected chi connectivity index (χ3v) is 4.16. The van der Waals surface area contributed by atoms with Crippen molar-refractivity contribution in [1.82, 2.24) is 4.98 Å². The number of fused-ring (bicyclic) bond motifs is 1. The molecule has 2 N–H and O–H groups in total. The Morgan fingerprint density at radius 3 is 2.56 bits per heavy atom. The number of sulfonamides is 1. The van der Waals surface area contributed by atoms with Gasteiger partial charge in [0.1, 0.15) is 5.75 Å². The Kier molecular flexibility index (Phi) is 2.95. The maximum absolute atomic E-state index is 12.0. The molecular formula is C8H5F3N2O3S2. The van der Waals surface area contributed by atoms with Crippen LogP contribution in [0.3, 0.4) is 0 Å². The number of hydrogen-bond acceptors (Lipinski definition) is 5. The Balaban J connectivity index is 2.46. The second-order valence-electron chi connectivity index (χ2n) is 3.20. The third-order valence-electron chi connectivity index (χ3n) is 1.82. The highest BCUT2D eigenvalue weighted by molar-refractivity contribution is 7.91. The molecule has 1 heterocycles. The van der Waals surface area contributed by atoms with Gasteiger partial charge in [-0.15, -0.1) is 24.5 Å². The molecule has 2 rings (SSSR count). The van der Waals surface area contributed by atoms with Gasteiger partial charge in [-0.2, -0.15) is 0 Å². The van der Waals surface area contributed by atoms with Gasteiger partial charge in [-0.25, -0.2) is 18.5 Å². The van der Waals surface area contributed by atoms with Gasteiger partial charge in [-0.1, -0.05) is 0 Å². The molecule has 2 aromatic rings. The van der Waals surface area contributed by atoms with Crippen molar-refractivity contribution < 1.29 is 26.3 Å². The molecule has 5 nitrogen and oxygen atoms in total. The van der Waals surface area contributed by atoms with Gasteiger partial charge in [0.05, 0.1) is 10.2 Å². The summed E-state index contributed by atoms with van der Waals surface area (Å²) >= 11 is 0.673. The van der Waals surface area contributed by atoms with E-state index in [0.717, 1.165) is 12.1 Å². The number of nitrogens with zero attached hydrogens (tertiary/aromatic N) is 1. The lowest BCUT2D eigenvalue weighted by atomic mass is 10.3. The molecule has 1 aromatic heterocycles. The Morgan fingerprint density at radius 2 is 2.00 bits per heavy atom. The summed E-state index contributed by atoms with van der Waals surface area (Å²) in [6, 6.07) is 3.32. The van der Waals surface area contributed by atoms with E-state index in [0.29, 0.717) is 11.3 Å². The van der Waals surface area contributed by atoms with Crippen LogP contribution in [0.4, 0.5) is 13.2 Å². The van der Waals surface area contributed by atoms with E-state index in [-0.39, 0.29) is 14.6 Å². The molecule has 0 aliphatic rings. The molecular weight excluding hydrogens is 293 g/mol. The summed E-state index contributed by atoms with van der Waals surface area (Å²) in [4.78, 5) is 3.69. The third kappa shape index (κ3) is 2.89. The van der Waals surface area contributed by atoms with Crippen molar-refractivity contribution in [3.05, 3.63) is 18.2 Å². The molecule has 0 amide bonds. The van der Waals surface area contributed by atoms with Crippen LogP contribution in [0.15, 0.2) is 22.5 Å². The number of halogens is 3. The first-order chi connectivity index (χ1) is 8.15. The Labute approximate surface area is 103 Å². The second kappa shape index (κ2) is 4.07. The Hall–Kier alpha value is -1.39. The highest BCUT2D eigenvalue weighted by Gasteiger charge is 2.31. The first-order valence-electron chi connectivity index (χ1n) is 4.34. The van der Waals surface area contributed by atoms with Crippen LogP contribution in [0.2, 0.25) is 0 Å². The zero-order valence-electron chi connectivity index (χ0n) is 8.43. The van der Waals surface area contributed by atoms with E-state index >= 15 is 0 Å². The normalized spacial score (nSPS) is 12.9. The van der Waals surface area contributed by atoms with Crippen LogP contribution in [0.25, 0.3) is 10.2 Å². The highest BCUT2D eigenvalue weighted by atomic mass is 32.2. The van der Waals surface area contributed by atoms with E-state index in [1.54, 1.807) is 0 Å². The summed E-state index contributed by atoms with van der Waals surface area (Å²) in [5.74, 6) is -0.445. The van der Waals surface area contributed by atoms with E-state index in [2.05, 4.69) is 9.72 Å². The lowest BCUT2D eigenvalue weighted by Crippen LogP contribution is -2.16. The molecule has 0 aliphatic carbocycles. The number of hydrogen-bond donors (Lipinski definition) is 1. The molecule has 0 unspecified atom stereocenters. The van der Waals surface area contributed by atoms with E-state index in [1.165, 1.54) is 6.07 Å². The zero-order valence-corrected chi connectivity index (χ0v) is 10.1. The van der Waals surface area contributed by atoms with Crippen LogP contribution in [0.1, 0.15) is 0 Å². The average molecular weight is 298 g/mol. The number of rotatable bonds is 2. The van der Waals surface area contributed by atoms with Crippen molar-refractivity contribution in [2.45, 2.75) is 10.7 Å². The number of nitrogens with two attached hydrogens (primary N) is 1. The number of benzene rings is 1. The number of thiazole rings is 1. The highest BCUT2D eigenvalue weighted by Crippen LogP contribution is 2.30. The van der Waals surface area contributed by atoms with Gasteiger partial charge in [-0.3, -0.25) is 0 Å². The molecule has 0 atom stereocenters. The molecule has 98 valence electrons. The van der Waals surface area contributed by atoms with E-state index in [9.17, 15) is 21.6 Å². The smallest absolute Gasteiger partial charge is 0.406 e. The molecule has 18 heavy (non-hydrogen) atoms. The van der Waals surface area contributed by atoms with Gasteiger partial charge in [0.2, 0.25) is 4.34 Å². The fraction of sp³-hybridized carbons (Fsp3) is 0.125. The maximum Gasteiger partial charge on any atom is 0.573 e. The van der Waals surface area contributed by atoms with Crippen molar-refractivity contribution in [2.75, 3.05) is 0 Å². The zero-order chi connectivity index (χ0) is 13.6. The molecule has 0 saturated carbocycles. The van der Waals surface area contributed by atoms with Gasteiger partial charge in [-0.05, 0) is 18.2 Å². The fourth-order valence-electron chi connectivity index (χ4n) is 1.20. The summed E-state index contributed by atoms with van der Waals surface area (Å²) in [5, 5.41) is 4.87. The quantitative estimate of drug-likeness (QED) is 0.917. The lowest BCUT2D eigenvalue weighted by Gasteiger charge is -2.07. The number of aromatic nitrogens is 1. The monoisotopic (exact) mass is 298 g/mol. The second-order valence-corrected chi connectivity index (χ2v) is 5.97. The van der Waals surface area contributed by atoms with Crippen molar-refractivity contribution in [3.63, 3.8) is 0 Å². The number of primary sulfonamides is 1. The van der Waals surface area contributed by atoms with Crippen molar-refractivity contribution in [1.29, 1.82) is 0 Å². The summed E-state index contributed by atoms with van der Waals surface area (Å²) in [6.45, 7) is 0. The van der Waals surface area contributed by atoms with E-state index < -0.39 is 22.1 Å². The predicted octanol–water partition coefficient (Wildman–Crippen LogP) is 1.84. The topological polar surface area (TPSA) is 82.3 Å². The van der Waals surface area contributed by atoms with Gasteiger partial charge < -0.3 is 4.74 Å². The first kappa shape index (κ1) is 13.1. The predicted molar refractivity (Wildman–Crippen MR) is 57.7 cm³/mol. The lowest BCUT2D eigenvalue weighted by molar-refractivity contribution is -0.274. The molecule has 0 radical (unpaired) electrons. The van der Waals surface area contributed by atoms with Crippen molar-refractivity contribution in [2.24, 2.45) is 5.14 Å². The minimum atomic E-state index is -4.80. The van der Waals surface area contributed by atoms with Crippen LogP contribution in [0.5, 0.6) is 5.75 Å². The van der Waals surface area contributed by atoms with Crippen LogP contribution in [0, 0.1) is 0 Å². The van der Waals surface area contributed by atoms with Crippen LogP contribution < -0.4 is 9.88 Å². The summed E-state index contributed by atoms with van der Waals surface area (Å²) < 4.78 is 61.6. The minimum Gasteiger partial charge on any atom is -0.406 e. The molecule has 0 fully saturated rings. The molecule has 0 bridgehead atoms. The number of ether oxygens (including phenoxy) is 1. The Morgan fingerprint density at radius 1 is 1.33 bits per heavy atom. The van der Waals surface area contributed by atoms with Gasteiger partial charge in [0.15, 0.2) is 0 Å². The molecule has 0 spiro atoms. The summed E-state index contributed by atoms with van der Waals surface area (Å²) in [5.41, 5.74) is 0.235. The molecule has 0 aliphatic heterocycles. The largest absolute Gasteiger partial charge is 0.573 e. The maximum atomic E-state index is 12.0. The Bertz CT molecular complexity index is 693. The number of alkyl halides is 3. The van der Waals surface area contributed by atoms with Crippen molar-refractivity contribution in [3.8, 4) is 5.75 Å². The van der Waals surface area contributed by atoms with Crippen LogP contribution in [-0.4, -0.2) is 19.8 Å². The van der Waals surface area contributed by atoms with Crippen molar-refractivity contribution >= 4 is 31.6 Å². The van der Waals surface area contributed by atoms with Crippen LogP contribution in [-0.2, 0) is 10.0 Å². The minimum absolute atomic E-state index is 0.235. The van der Waals surface area contributed by atoms with Gasteiger partial charge in [0, 0.05) is 0 Å². The molecule has 10 heteroatoms. The molecule has 1 aromatic carbocycles. The SMILES string of the molecule is NS(=O)(=O)c1nc2ccc(OC(F)(F)F)cc2s1. The van der Waals surface area contributed by atoms with Gasteiger partial charge in [0.25, 0.3) is 10.0 Å². The van der Waals surface area contributed by atoms with Crippen LogP contribution >= 0.6 is 11.3 Å². The van der Waals surface area contributed by atoms with E-state index in [4.69, 9.17) is 5.14 Å². The summed E-state index contributed by atoms with van der Waals surface area (Å²) in [6.07, 6.45) is -4.80. The summed E-state index contributed by atoms with van der Waals surface area (Å²) in [7, 11) is -3.97. The van der Waals surface area contributed by atoms with E-state index in [1.807, 2.05) is 0 Å².